The lowest BCUT2D eigenvalue weighted by molar-refractivity contribution is 0.101. The van der Waals surface area contributed by atoms with E-state index >= 15 is 0 Å². The van der Waals surface area contributed by atoms with Gasteiger partial charge in [0.2, 0.25) is 0 Å². The van der Waals surface area contributed by atoms with Crippen LogP contribution in [0.25, 0.3) is 10.9 Å². The van der Waals surface area contributed by atoms with Gasteiger partial charge in [-0.05, 0) is 31.5 Å². The van der Waals surface area contributed by atoms with Crippen molar-refractivity contribution in [2.24, 2.45) is 5.73 Å². The van der Waals surface area contributed by atoms with Crippen molar-refractivity contribution in [1.29, 1.82) is 0 Å². The first-order valence-electron chi connectivity index (χ1n) is 5.85. The fourth-order valence-corrected chi connectivity index (χ4v) is 1.82. The van der Waals surface area contributed by atoms with Gasteiger partial charge >= 0.3 is 0 Å². The van der Waals surface area contributed by atoms with E-state index in [2.05, 4.69) is 11.1 Å². The van der Waals surface area contributed by atoms with Crippen LogP contribution >= 0.6 is 0 Å². The Morgan fingerprint density at radius 3 is 2.94 bits per heavy atom. The van der Waals surface area contributed by atoms with Crippen molar-refractivity contribution in [2.75, 3.05) is 13.2 Å². The molecule has 0 saturated heterocycles. The van der Waals surface area contributed by atoms with Gasteiger partial charge in [0.1, 0.15) is 0 Å². The fraction of sp³-hybridized carbons (Fsp3) is 0.357. The van der Waals surface area contributed by atoms with E-state index in [4.69, 9.17) is 10.5 Å². The summed E-state index contributed by atoms with van der Waals surface area (Å²) in [7, 11) is 0. The molecule has 90 valence electrons. The van der Waals surface area contributed by atoms with Crippen molar-refractivity contribution in [1.82, 2.24) is 4.98 Å². The molecule has 0 aliphatic heterocycles. The zero-order chi connectivity index (χ0) is 12.3. The van der Waals surface area contributed by atoms with E-state index in [1.165, 1.54) is 0 Å². The number of ether oxygens (including phenoxy) is 1. The highest BCUT2D eigenvalue weighted by Crippen LogP contribution is 2.22. The first-order valence-corrected chi connectivity index (χ1v) is 5.85. The Labute approximate surface area is 102 Å². The summed E-state index contributed by atoms with van der Waals surface area (Å²) in [4.78, 5) is 4.34. The van der Waals surface area contributed by atoms with Crippen molar-refractivity contribution in [3.63, 3.8) is 0 Å². The molecule has 0 radical (unpaired) electrons. The Balaban J connectivity index is 2.35. The molecule has 1 aromatic heterocycles. The minimum Gasteiger partial charge on any atom is -0.379 e. The van der Waals surface area contributed by atoms with Gasteiger partial charge in [0.15, 0.2) is 0 Å². The number of aromatic nitrogens is 1. The number of rotatable bonds is 4. The van der Waals surface area contributed by atoms with Crippen molar-refractivity contribution >= 4 is 10.9 Å². The third-order valence-electron chi connectivity index (χ3n) is 2.87. The quantitative estimate of drug-likeness (QED) is 0.877. The molecular formula is C14H18N2O. The van der Waals surface area contributed by atoms with Gasteiger partial charge in [0.25, 0.3) is 0 Å². The molecule has 0 aliphatic carbocycles. The molecule has 2 aromatic rings. The molecule has 2 N–H and O–H groups in total. The minimum absolute atomic E-state index is 0.471. The molecule has 3 nitrogen and oxygen atoms in total. The Hall–Kier alpha value is -1.45. The second kappa shape index (κ2) is 4.82. The monoisotopic (exact) mass is 230 g/mol. The minimum atomic E-state index is -0.471. The molecule has 0 fully saturated rings. The van der Waals surface area contributed by atoms with Crippen LogP contribution in [0.4, 0.5) is 0 Å². The Bertz CT molecular complexity index is 508. The van der Waals surface area contributed by atoms with E-state index in [9.17, 15) is 0 Å². The summed E-state index contributed by atoms with van der Waals surface area (Å²) in [6.07, 6.45) is 1.79. The summed E-state index contributed by atoms with van der Waals surface area (Å²) < 4.78 is 5.42. The third-order valence-corrected chi connectivity index (χ3v) is 2.87. The maximum atomic E-state index is 6.26. The van der Waals surface area contributed by atoms with E-state index in [0.717, 1.165) is 16.5 Å². The van der Waals surface area contributed by atoms with Gasteiger partial charge in [0.05, 0.1) is 17.7 Å². The maximum Gasteiger partial charge on any atom is 0.0705 e. The zero-order valence-electron chi connectivity index (χ0n) is 10.3. The van der Waals surface area contributed by atoms with E-state index in [1.807, 2.05) is 38.1 Å². The number of fused-ring (bicyclic) bond motifs is 1. The largest absolute Gasteiger partial charge is 0.379 e. The first kappa shape index (κ1) is 12.0. The lowest BCUT2D eigenvalue weighted by atomic mass is 9.93. The molecule has 17 heavy (non-hydrogen) atoms. The van der Waals surface area contributed by atoms with Crippen LogP contribution in [-0.2, 0) is 10.3 Å². The van der Waals surface area contributed by atoms with Crippen molar-refractivity contribution < 1.29 is 4.74 Å². The molecule has 1 aromatic carbocycles. The van der Waals surface area contributed by atoms with Gasteiger partial charge < -0.3 is 10.5 Å². The molecule has 0 saturated carbocycles. The smallest absolute Gasteiger partial charge is 0.0705 e. The van der Waals surface area contributed by atoms with Crippen LogP contribution in [0.2, 0.25) is 0 Å². The lowest BCUT2D eigenvalue weighted by Gasteiger charge is -2.25. The molecule has 0 bridgehead atoms. The molecule has 0 aliphatic rings. The average molecular weight is 230 g/mol. The Kier molecular flexibility index (Phi) is 3.41. The van der Waals surface area contributed by atoms with Crippen LogP contribution in [0.1, 0.15) is 19.4 Å². The number of benzene rings is 1. The number of nitrogens with zero attached hydrogens (tertiary/aromatic N) is 1. The fourth-order valence-electron chi connectivity index (χ4n) is 1.82. The lowest BCUT2D eigenvalue weighted by Crippen LogP contribution is -2.38. The highest BCUT2D eigenvalue weighted by atomic mass is 16.5. The normalized spacial score (nSPS) is 14.8. The topological polar surface area (TPSA) is 48.1 Å². The third kappa shape index (κ3) is 2.62. The van der Waals surface area contributed by atoms with Crippen LogP contribution in [0.5, 0.6) is 0 Å². The summed E-state index contributed by atoms with van der Waals surface area (Å²) in [6, 6.07) is 10.1. The summed E-state index contributed by atoms with van der Waals surface area (Å²) in [5.74, 6) is 0. The summed E-state index contributed by atoms with van der Waals surface area (Å²) in [5, 5.41) is 1.13. The van der Waals surface area contributed by atoms with Gasteiger partial charge in [-0.15, -0.1) is 0 Å². The molecule has 0 amide bonds. The van der Waals surface area contributed by atoms with Crippen LogP contribution in [0.15, 0.2) is 36.5 Å². The second-order valence-electron chi connectivity index (χ2n) is 4.47. The molecule has 1 heterocycles. The summed E-state index contributed by atoms with van der Waals surface area (Å²) in [6.45, 7) is 5.14. The SMILES string of the molecule is CCOCC(C)(N)c1ccc2cccnc2c1. The zero-order valence-corrected chi connectivity index (χ0v) is 10.3. The van der Waals surface area contributed by atoms with Crippen LogP contribution in [0.3, 0.4) is 0 Å². The van der Waals surface area contributed by atoms with E-state index < -0.39 is 5.54 Å². The standard InChI is InChI=1S/C14H18N2O/c1-3-17-10-14(2,15)12-7-6-11-5-4-8-16-13(11)9-12/h4-9H,3,10,15H2,1-2H3. The molecule has 1 unspecified atom stereocenters. The Morgan fingerprint density at radius 2 is 2.18 bits per heavy atom. The van der Waals surface area contributed by atoms with Crippen molar-refractivity contribution in [2.45, 2.75) is 19.4 Å². The Morgan fingerprint density at radius 1 is 1.35 bits per heavy atom. The van der Waals surface area contributed by atoms with Crippen LogP contribution in [-0.4, -0.2) is 18.2 Å². The van der Waals surface area contributed by atoms with Gasteiger partial charge in [-0.25, -0.2) is 0 Å². The van der Waals surface area contributed by atoms with E-state index in [0.29, 0.717) is 13.2 Å². The van der Waals surface area contributed by atoms with Gasteiger partial charge in [-0.3, -0.25) is 4.98 Å². The highest BCUT2D eigenvalue weighted by molar-refractivity contribution is 5.79. The van der Waals surface area contributed by atoms with Gasteiger partial charge in [-0.1, -0.05) is 18.2 Å². The van der Waals surface area contributed by atoms with Crippen LogP contribution in [0, 0.1) is 0 Å². The number of pyridine rings is 1. The van der Waals surface area contributed by atoms with Crippen molar-refractivity contribution in [3.8, 4) is 0 Å². The first-order chi connectivity index (χ1) is 8.13. The van der Waals surface area contributed by atoms with Gasteiger partial charge in [0, 0.05) is 18.2 Å². The highest BCUT2D eigenvalue weighted by Gasteiger charge is 2.21. The summed E-state index contributed by atoms with van der Waals surface area (Å²) >= 11 is 0. The predicted octanol–water partition coefficient (Wildman–Crippen LogP) is 2.45. The predicted molar refractivity (Wildman–Crippen MR) is 69.8 cm³/mol. The average Bonchev–Trinajstić information content (AvgIpc) is 2.36. The van der Waals surface area contributed by atoms with Gasteiger partial charge in [-0.2, -0.15) is 0 Å². The number of hydrogen-bond donors (Lipinski definition) is 1. The molecule has 3 heteroatoms. The molecule has 1 atom stereocenters. The molecule has 0 spiro atoms. The van der Waals surface area contributed by atoms with E-state index in [1.54, 1.807) is 6.20 Å². The molecule has 2 rings (SSSR count). The number of nitrogens with two attached hydrogens (primary N) is 1. The van der Waals surface area contributed by atoms with E-state index in [-0.39, 0.29) is 0 Å². The van der Waals surface area contributed by atoms with Crippen LogP contribution < -0.4 is 5.73 Å². The summed E-state index contributed by atoms with van der Waals surface area (Å²) in [5.41, 5.74) is 7.82. The van der Waals surface area contributed by atoms with Crippen molar-refractivity contribution in [3.05, 3.63) is 42.1 Å². The number of hydrogen-bond acceptors (Lipinski definition) is 3. The second-order valence-corrected chi connectivity index (χ2v) is 4.47. The molecular weight excluding hydrogens is 212 g/mol. The maximum absolute atomic E-state index is 6.26.